The van der Waals surface area contributed by atoms with Crippen LogP contribution >= 0.6 is 15.9 Å². The number of methoxy groups -OCH3 is 1. The van der Waals surface area contributed by atoms with Crippen LogP contribution in [0.2, 0.25) is 0 Å². The second-order valence-corrected chi connectivity index (χ2v) is 13.1. The number of fused-ring (bicyclic) bond motifs is 4. The number of carbonyl (C=O) groups is 3. The van der Waals surface area contributed by atoms with Gasteiger partial charge in [-0.25, -0.2) is 19.6 Å². The van der Waals surface area contributed by atoms with Crippen LogP contribution in [0.5, 0.6) is 5.75 Å². The Labute approximate surface area is 305 Å². The molecule has 0 radical (unpaired) electrons. The van der Waals surface area contributed by atoms with E-state index in [2.05, 4.69) is 36.4 Å². The molecule has 4 aromatic rings. The fraction of sp³-hybridized carbons (Fsp3) is 0.417. The third kappa shape index (κ3) is 8.14. The molecular formula is C36H43BrN8O6. The molecular weight excluding hydrogens is 720 g/mol. The van der Waals surface area contributed by atoms with Gasteiger partial charge in [0.1, 0.15) is 11.4 Å². The number of ketones is 1. The molecule has 51 heavy (non-hydrogen) atoms. The third-order valence-corrected chi connectivity index (χ3v) is 8.89. The monoisotopic (exact) mass is 762 g/mol. The zero-order chi connectivity index (χ0) is 36.8. The van der Waals surface area contributed by atoms with Crippen LogP contribution in [0.15, 0.2) is 40.6 Å². The maximum atomic E-state index is 12.7. The number of nitrogens with one attached hydrogen (secondary N) is 1. The van der Waals surface area contributed by atoms with Crippen LogP contribution < -0.4 is 10.1 Å². The van der Waals surface area contributed by atoms with Gasteiger partial charge < -0.3 is 24.4 Å². The lowest BCUT2D eigenvalue weighted by atomic mass is 10.1. The van der Waals surface area contributed by atoms with E-state index in [0.29, 0.717) is 54.7 Å². The van der Waals surface area contributed by atoms with Gasteiger partial charge in [-0.1, -0.05) is 15.9 Å². The van der Waals surface area contributed by atoms with E-state index in [0.717, 1.165) is 63.9 Å². The number of hydrogen-bond donors (Lipinski definition) is 1. The Hall–Kier alpha value is -5.05. The third-order valence-electron chi connectivity index (χ3n) is 8.39. The minimum atomic E-state index is -0.456. The van der Waals surface area contributed by atoms with Crippen molar-refractivity contribution < 1.29 is 28.6 Å². The molecule has 1 N–H and O–H groups in total. The van der Waals surface area contributed by atoms with Crippen molar-refractivity contribution in [1.29, 1.82) is 0 Å². The van der Waals surface area contributed by atoms with Gasteiger partial charge in [0.05, 0.1) is 37.4 Å². The van der Waals surface area contributed by atoms with E-state index >= 15 is 0 Å². The number of nitrogens with zero attached hydrogens (tertiary/aromatic N) is 7. The summed E-state index contributed by atoms with van der Waals surface area (Å²) >= 11 is 3.45. The quantitative estimate of drug-likeness (QED) is 0.135. The highest BCUT2D eigenvalue weighted by atomic mass is 79.9. The molecule has 0 fully saturated rings. The Morgan fingerprint density at radius 2 is 1.55 bits per heavy atom. The first-order valence-electron chi connectivity index (χ1n) is 16.8. The summed E-state index contributed by atoms with van der Waals surface area (Å²) in [6.45, 7) is 4.15. The standard InChI is InChI=1S/C21H22BrN5O3.C15H21N3O3/c1-4-30-20(28)18-14-7-5-6-12-11-23-21(25-17(12)19(14)27(2)26-18)24-15-9-8-13(22)10-16(15)29-3;1-5-21-15(20)12-11-8-6-7-10(9-17(2)3)14(19)13(11)18(4)16-12/h8-11H,4-7H2,1-3H3,(H,23,24,25);9H,5-8H2,1-4H3/b;10-9+. The largest absolute Gasteiger partial charge is 0.495 e. The van der Waals surface area contributed by atoms with Gasteiger partial charge in [-0.3, -0.25) is 14.2 Å². The molecule has 1 aromatic carbocycles. The van der Waals surface area contributed by atoms with Crippen LogP contribution in [-0.4, -0.2) is 86.6 Å². The molecule has 0 atom stereocenters. The highest BCUT2D eigenvalue weighted by Gasteiger charge is 2.31. The lowest BCUT2D eigenvalue weighted by Crippen LogP contribution is -2.13. The van der Waals surface area contributed by atoms with E-state index in [4.69, 9.17) is 19.2 Å². The van der Waals surface area contributed by atoms with Crippen LogP contribution in [0.4, 0.5) is 11.6 Å². The summed E-state index contributed by atoms with van der Waals surface area (Å²) in [6.07, 6.45) is 8.30. The summed E-state index contributed by atoms with van der Waals surface area (Å²) in [6, 6.07) is 5.68. The predicted molar refractivity (Wildman–Crippen MR) is 194 cm³/mol. The number of allylic oxidation sites excluding steroid dienone is 1. The van der Waals surface area contributed by atoms with E-state index < -0.39 is 11.9 Å². The van der Waals surface area contributed by atoms with E-state index in [-0.39, 0.29) is 11.5 Å². The molecule has 3 aromatic heterocycles. The number of aromatic nitrogens is 6. The normalized spacial score (nSPS) is 14.2. The fourth-order valence-electron chi connectivity index (χ4n) is 6.27. The number of ether oxygens (including phenoxy) is 3. The number of hydrogen-bond acceptors (Lipinski definition) is 12. The summed E-state index contributed by atoms with van der Waals surface area (Å²) in [4.78, 5) is 48.2. The van der Waals surface area contributed by atoms with Crippen molar-refractivity contribution >= 4 is 45.3 Å². The first-order chi connectivity index (χ1) is 24.5. The average molecular weight is 764 g/mol. The highest BCUT2D eigenvalue weighted by Crippen LogP contribution is 2.35. The van der Waals surface area contributed by atoms with Crippen LogP contribution in [0.3, 0.4) is 0 Å². The van der Waals surface area contributed by atoms with Gasteiger partial charge in [0.2, 0.25) is 11.7 Å². The number of esters is 2. The van der Waals surface area contributed by atoms with Crippen molar-refractivity contribution in [3.8, 4) is 17.1 Å². The topological polar surface area (TPSA) is 156 Å². The van der Waals surface area contributed by atoms with Gasteiger partial charge in [-0.05, 0) is 76.1 Å². The Morgan fingerprint density at radius 1 is 0.941 bits per heavy atom. The lowest BCUT2D eigenvalue weighted by Gasteiger charge is -2.13. The summed E-state index contributed by atoms with van der Waals surface area (Å²) in [5.41, 5.74) is 6.87. The van der Waals surface area contributed by atoms with E-state index in [9.17, 15) is 14.4 Å². The van der Waals surface area contributed by atoms with Gasteiger partial charge >= 0.3 is 11.9 Å². The number of carbonyl (C=O) groups excluding carboxylic acids is 3. The van der Waals surface area contributed by atoms with E-state index in [1.54, 1.807) is 32.7 Å². The van der Waals surface area contributed by atoms with Crippen molar-refractivity contribution in [2.24, 2.45) is 14.1 Å². The Kier molecular flexibility index (Phi) is 11.9. The van der Waals surface area contributed by atoms with Crippen molar-refractivity contribution in [3.05, 3.63) is 74.4 Å². The van der Waals surface area contributed by atoms with Gasteiger partial charge in [-0.15, -0.1) is 0 Å². The number of aryl methyl sites for hydroxylation is 3. The lowest BCUT2D eigenvalue weighted by molar-refractivity contribution is 0.0508. The van der Waals surface area contributed by atoms with Gasteiger partial charge in [0, 0.05) is 61.8 Å². The van der Waals surface area contributed by atoms with E-state index in [1.807, 2.05) is 56.6 Å². The molecule has 0 bridgehead atoms. The molecule has 0 saturated carbocycles. The van der Waals surface area contributed by atoms with Gasteiger partial charge in [-0.2, -0.15) is 10.2 Å². The fourth-order valence-corrected chi connectivity index (χ4v) is 6.61. The SMILES string of the molecule is CCOC(=O)c1nn(C)c2c1CCC/C(=C\N(C)C)C2=O.CCOC(=O)c1nn(C)c2c1CCCc1cnc(Nc3ccc(Br)cc3OC)nc1-2. The number of benzene rings is 1. The Bertz CT molecular complexity index is 1980. The molecule has 14 nitrogen and oxygen atoms in total. The first kappa shape index (κ1) is 37.2. The number of anilines is 2. The smallest absolute Gasteiger partial charge is 0.359 e. The van der Waals surface area contributed by atoms with Gasteiger partial charge in [0.25, 0.3) is 0 Å². The minimum absolute atomic E-state index is 0.0539. The Morgan fingerprint density at radius 3 is 2.16 bits per heavy atom. The summed E-state index contributed by atoms with van der Waals surface area (Å²) in [7, 11) is 8.91. The molecule has 0 spiro atoms. The number of halogens is 1. The average Bonchev–Trinajstić information content (AvgIpc) is 3.46. The molecule has 15 heteroatoms. The minimum Gasteiger partial charge on any atom is -0.495 e. The molecule has 0 saturated heterocycles. The van der Waals surface area contributed by atoms with Crippen molar-refractivity contribution in [2.45, 2.75) is 52.4 Å². The molecule has 6 rings (SSSR count). The highest BCUT2D eigenvalue weighted by molar-refractivity contribution is 9.10. The van der Waals surface area contributed by atoms with Crippen molar-refractivity contribution in [3.63, 3.8) is 0 Å². The van der Waals surface area contributed by atoms with Gasteiger partial charge in [0.15, 0.2) is 11.4 Å². The summed E-state index contributed by atoms with van der Waals surface area (Å²) in [5, 5.41) is 11.9. The first-order valence-corrected chi connectivity index (χ1v) is 17.6. The zero-order valence-electron chi connectivity index (χ0n) is 30.0. The van der Waals surface area contributed by atoms with Crippen molar-refractivity contribution in [2.75, 3.05) is 39.7 Å². The van der Waals surface area contributed by atoms with E-state index in [1.165, 1.54) is 4.68 Å². The maximum Gasteiger partial charge on any atom is 0.359 e. The zero-order valence-corrected chi connectivity index (χ0v) is 31.6. The molecule has 2 aliphatic carbocycles. The van der Waals surface area contributed by atoms with Crippen LogP contribution in [-0.2, 0) is 42.8 Å². The number of rotatable bonds is 8. The summed E-state index contributed by atoms with van der Waals surface area (Å²) in [5.74, 6) is 0.212. The molecule has 3 heterocycles. The van der Waals surface area contributed by atoms with Crippen LogP contribution in [0.1, 0.15) is 81.3 Å². The van der Waals surface area contributed by atoms with Crippen molar-refractivity contribution in [1.82, 2.24) is 34.4 Å². The van der Waals surface area contributed by atoms with Crippen LogP contribution in [0, 0.1) is 0 Å². The summed E-state index contributed by atoms with van der Waals surface area (Å²) < 4.78 is 19.8. The second kappa shape index (κ2) is 16.3. The maximum absolute atomic E-state index is 12.7. The molecule has 0 unspecified atom stereocenters. The molecule has 0 aliphatic heterocycles. The predicted octanol–water partition coefficient (Wildman–Crippen LogP) is 5.62. The molecule has 270 valence electrons. The van der Waals surface area contributed by atoms with Crippen LogP contribution in [0.25, 0.3) is 11.4 Å². The second-order valence-electron chi connectivity index (χ2n) is 12.2. The Balaban J connectivity index is 0.000000211. The molecule has 2 aliphatic rings. The number of Topliss-reactive ketones (excluding diaryl/α,β-unsaturated/α-hetero) is 1. The molecule has 0 amide bonds.